The summed E-state index contributed by atoms with van der Waals surface area (Å²) in [5.41, 5.74) is 0. The van der Waals surface area contributed by atoms with Crippen molar-refractivity contribution in [3.63, 3.8) is 0 Å². The largest absolute Gasteiger partial charge is 0.466 e. The van der Waals surface area contributed by atoms with Gasteiger partial charge >= 0.3 is 11.9 Å². The molecule has 4 nitrogen and oxygen atoms in total. The maximum atomic E-state index is 11.3. The lowest BCUT2D eigenvalue weighted by atomic mass is 9.98. The molecule has 0 N–H and O–H groups in total. The van der Waals surface area contributed by atoms with Crippen LogP contribution in [-0.4, -0.2) is 36.7 Å². The average Bonchev–Trinajstić information content (AvgIpc) is 2.73. The van der Waals surface area contributed by atoms with Crippen LogP contribution in [0, 0.1) is 11.8 Å². The molecule has 0 fully saturated rings. The van der Waals surface area contributed by atoms with Crippen LogP contribution >= 0.6 is 23.5 Å². The lowest BCUT2D eigenvalue weighted by Gasteiger charge is -2.23. The summed E-state index contributed by atoms with van der Waals surface area (Å²) < 4.78 is 10.6. The van der Waals surface area contributed by atoms with E-state index in [0.29, 0.717) is 13.2 Å². The summed E-state index contributed by atoms with van der Waals surface area (Å²) in [5.74, 6) is 1.50. The maximum absolute atomic E-state index is 11.3. The van der Waals surface area contributed by atoms with Gasteiger partial charge in [0.15, 0.2) is 0 Å². The second kappa shape index (κ2) is 13.3. The molecule has 29 heavy (non-hydrogen) atoms. The Morgan fingerprint density at radius 1 is 0.724 bits per heavy atom. The highest BCUT2D eigenvalue weighted by Crippen LogP contribution is 2.28. The van der Waals surface area contributed by atoms with Crippen molar-refractivity contribution in [3.05, 3.63) is 60.7 Å². The van der Waals surface area contributed by atoms with Crippen molar-refractivity contribution in [1.82, 2.24) is 0 Å². The molecule has 0 spiro atoms. The zero-order valence-corrected chi connectivity index (χ0v) is 18.5. The number of benzene rings is 2. The number of thioether (sulfide) groups is 2. The molecular weight excluding hydrogens is 404 g/mol. The first-order chi connectivity index (χ1) is 14.0. The standard InChI is InChI=1S/C23H28O4S2/c1-18(24)26-14-20(16-28-22-9-5-3-6-10-22)13-21(15-27-19(2)25)17-29-23-11-7-4-8-12-23/h3-12,20-21H,13-17H2,1-2H3/t20-,21-/m0/s1. The highest BCUT2D eigenvalue weighted by molar-refractivity contribution is 7.99. The van der Waals surface area contributed by atoms with Gasteiger partial charge in [0.1, 0.15) is 0 Å². The van der Waals surface area contributed by atoms with Crippen LogP contribution in [-0.2, 0) is 19.1 Å². The van der Waals surface area contributed by atoms with E-state index in [-0.39, 0.29) is 23.8 Å². The molecule has 0 heterocycles. The third-order valence-electron chi connectivity index (χ3n) is 4.17. The van der Waals surface area contributed by atoms with E-state index >= 15 is 0 Å². The van der Waals surface area contributed by atoms with Gasteiger partial charge < -0.3 is 9.47 Å². The molecule has 0 saturated heterocycles. The quantitative estimate of drug-likeness (QED) is 0.334. The summed E-state index contributed by atoms with van der Waals surface area (Å²) in [4.78, 5) is 25.0. The Morgan fingerprint density at radius 2 is 1.10 bits per heavy atom. The van der Waals surface area contributed by atoms with Crippen LogP contribution in [0.2, 0.25) is 0 Å². The maximum Gasteiger partial charge on any atom is 0.302 e. The highest BCUT2D eigenvalue weighted by Gasteiger charge is 2.20. The van der Waals surface area contributed by atoms with Gasteiger partial charge in [0, 0.05) is 47.0 Å². The molecule has 0 bridgehead atoms. The predicted molar refractivity (Wildman–Crippen MR) is 119 cm³/mol. The van der Waals surface area contributed by atoms with E-state index in [4.69, 9.17) is 9.47 Å². The summed E-state index contributed by atoms with van der Waals surface area (Å²) in [6.45, 7) is 3.62. The minimum Gasteiger partial charge on any atom is -0.466 e. The van der Waals surface area contributed by atoms with E-state index in [0.717, 1.165) is 17.9 Å². The van der Waals surface area contributed by atoms with Gasteiger partial charge in [-0.1, -0.05) is 36.4 Å². The zero-order valence-electron chi connectivity index (χ0n) is 16.9. The van der Waals surface area contributed by atoms with Crippen LogP contribution in [0.4, 0.5) is 0 Å². The van der Waals surface area contributed by atoms with Crippen molar-refractivity contribution in [2.45, 2.75) is 30.1 Å². The van der Waals surface area contributed by atoms with Crippen LogP contribution < -0.4 is 0 Å². The molecule has 0 aromatic heterocycles. The van der Waals surface area contributed by atoms with Gasteiger partial charge in [-0.2, -0.15) is 0 Å². The van der Waals surface area contributed by atoms with Crippen molar-refractivity contribution in [2.75, 3.05) is 24.7 Å². The molecule has 6 heteroatoms. The Hall–Kier alpha value is -1.92. The number of rotatable bonds is 12. The molecule has 0 amide bonds. The van der Waals surface area contributed by atoms with Crippen molar-refractivity contribution in [2.24, 2.45) is 11.8 Å². The average molecular weight is 433 g/mol. The van der Waals surface area contributed by atoms with E-state index in [2.05, 4.69) is 24.3 Å². The smallest absolute Gasteiger partial charge is 0.302 e. The number of hydrogen-bond acceptors (Lipinski definition) is 6. The second-order valence-electron chi connectivity index (χ2n) is 6.82. The first kappa shape index (κ1) is 23.4. The van der Waals surface area contributed by atoms with Crippen molar-refractivity contribution >= 4 is 35.5 Å². The van der Waals surface area contributed by atoms with Gasteiger partial charge in [0.05, 0.1) is 13.2 Å². The predicted octanol–water partition coefficient (Wildman–Crippen LogP) is 5.32. The molecule has 0 aliphatic carbocycles. The van der Waals surface area contributed by atoms with Gasteiger partial charge in [-0.3, -0.25) is 9.59 Å². The van der Waals surface area contributed by atoms with Gasteiger partial charge in [0.2, 0.25) is 0 Å². The monoisotopic (exact) mass is 432 g/mol. The summed E-state index contributed by atoms with van der Waals surface area (Å²) in [6.07, 6.45) is 0.820. The molecule has 0 unspecified atom stereocenters. The number of esters is 2. The molecule has 0 aliphatic rings. The van der Waals surface area contributed by atoms with Crippen molar-refractivity contribution in [1.29, 1.82) is 0 Å². The molecule has 2 aromatic carbocycles. The third kappa shape index (κ3) is 10.4. The van der Waals surface area contributed by atoms with E-state index < -0.39 is 0 Å². The summed E-state index contributed by atoms with van der Waals surface area (Å²) >= 11 is 3.51. The molecular formula is C23H28O4S2. The number of carbonyl (C=O) groups is 2. The highest BCUT2D eigenvalue weighted by atomic mass is 32.2. The molecule has 0 radical (unpaired) electrons. The van der Waals surface area contributed by atoms with Crippen molar-refractivity contribution in [3.8, 4) is 0 Å². The fourth-order valence-corrected chi connectivity index (χ4v) is 4.79. The summed E-state index contributed by atoms with van der Waals surface area (Å²) in [7, 11) is 0. The second-order valence-corrected chi connectivity index (χ2v) is 9.01. The summed E-state index contributed by atoms with van der Waals surface area (Å²) in [6, 6.07) is 20.4. The SMILES string of the molecule is CC(=O)OC[C@@H](CSc1ccccc1)C[C@@H](COC(C)=O)CSc1ccccc1. The van der Waals surface area contributed by atoms with Crippen molar-refractivity contribution < 1.29 is 19.1 Å². The number of carbonyl (C=O) groups excluding carboxylic acids is 2. The van der Waals surface area contributed by atoms with Crippen LogP contribution in [0.5, 0.6) is 0 Å². The van der Waals surface area contributed by atoms with Gasteiger partial charge in [-0.05, 0) is 30.7 Å². The zero-order chi connectivity index (χ0) is 20.9. The Bertz CT molecular complexity index is 674. The topological polar surface area (TPSA) is 52.6 Å². The van der Waals surface area contributed by atoms with Crippen LogP contribution in [0.1, 0.15) is 20.3 Å². The number of ether oxygens (including phenoxy) is 2. The Balaban J connectivity index is 1.98. The fraction of sp³-hybridized carbons (Fsp3) is 0.391. The minimum atomic E-state index is -0.269. The molecule has 0 aliphatic heterocycles. The van der Waals surface area contributed by atoms with Crippen LogP contribution in [0.25, 0.3) is 0 Å². The Morgan fingerprint density at radius 3 is 1.45 bits per heavy atom. The molecule has 2 atom stereocenters. The fourth-order valence-electron chi connectivity index (χ4n) is 2.77. The third-order valence-corrected chi connectivity index (χ3v) is 6.66. The van der Waals surface area contributed by atoms with Gasteiger partial charge in [-0.15, -0.1) is 23.5 Å². The van der Waals surface area contributed by atoms with E-state index in [1.807, 2.05) is 36.4 Å². The Kier molecular flexibility index (Phi) is 10.7. The molecule has 2 rings (SSSR count). The first-order valence-electron chi connectivity index (χ1n) is 9.65. The lowest BCUT2D eigenvalue weighted by Crippen LogP contribution is -2.23. The normalized spacial score (nSPS) is 12.8. The van der Waals surface area contributed by atoms with Gasteiger partial charge in [-0.25, -0.2) is 0 Å². The first-order valence-corrected chi connectivity index (χ1v) is 11.6. The molecule has 2 aromatic rings. The van der Waals surface area contributed by atoms with Crippen LogP contribution in [0.3, 0.4) is 0 Å². The lowest BCUT2D eigenvalue weighted by molar-refractivity contribution is -0.142. The molecule has 0 saturated carbocycles. The molecule has 156 valence electrons. The number of hydrogen-bond donors (Lipinski definition) is 0. The Labute approximate surface area is 181 Å². The van der Waals surface area contributed by atoms with Gasteiger partial charge in [0.25, 0.3) is 0 Å². The van der Waals surface area contributed by atoms with E-state index in [1.165, 1.54) is 23.6 Å². The van der Waals surface area contributed by atoms with Crippen LogP contribution in [0.15, 0.2) is 70.5 Å². The van der Waals surface area contributed by atoms with E-state index in [9.17, 15) is 9.59 Å². The van der Waals surface area contributed by atoms with E-state index in [1.54, 1.807) is 23.5 Å². The summed E-state index contributed by atoms with van der Waals surface area (Å²) in [5, 5.41) is 0. The minimum absolute atomic E-state index is 0.182.